The van der Waals surface area contributed by atoms with Crippen molar-refractivity contribution in [1.29, 1.82) is 0 Å². The third-order valence-corrected chi connectivity index (χ3v) is 7.72. The molecular weight excluding hydrogens is 421 g/mol. The highest BCUT2D eigenvalue weighted by atomic mass is 19.1. The molecule has 0 radical (unpaired) electrons. The molecule has 170 valence electrons. The maximum Gasteiger partial charge on any atom is 0.216 e. The summed E-state index contributed by atoms with van der Waals surface area (Å²) in [6.07, 6.45) is 6.16. The zero-order chi connectivity index (χ0) is 23.2. The van der Waals surface area contributed by atoms with Crippen molar-refractivity contribution in [2.75, 3.05) is 0 Å². The molecule has 2 heterocycles. The first-order valence-corrected chi connectivity index (χ1v) is 12.3. The fourth-order valence-corrected chi connectivity index (χ4v) is 5.92. The first-order chi connectivity index (χ1) is 16.6. The van der Waals surface area contributed by atoms with Gasteiger partial charge in [0.1, 0.15) is 24.0 Å². The number of furan rings is 1. The van der Waals surface area contributed by atoms with Gasteiger partial charge in [-0.25, -0.2) is 8.96 Å². The molecule has 0 bridgehead atoms. The van der Waals surface area contributed by atoms with Crippen molar-refractivity contribution in [2.45, 2.75) is 44.4 Å². The van der Waals surface area contributed by atoms with Crippen LogP contribution in [0.2, 0.25) is 0 Å². The summed E-state index contributed by atoms with van der Waals surface area (Å²) in [4.78, 5) is 0. The Hall–Kier alpha value is -3.46. The molecule has 1 aliphatic carbocycles. The Morgan fingerprint density at radius 1 is 0.765 bits per heavy atom. The molecule has 0 spiro atoms. The Kier molecular flexibility index (Phi) is 5.21. The molecule has 2 nitrogen and oxygen atoms in total. The number of halogens is 1. The van der Waals surface area contributed by atoms with E-state index in [4.69, 9.17) is 4.42 Å². The summed E-state index contributed by atoms with van der Waals surface area (Å²) in [6, 6.07) is 24.7. The van der Waals surface area contributed by atoms with Crippen LogP contribution in [0, 0.1) is 12.7 Å². The van der Waals surface area contributed by atoms with Gasteiger partial charge in [0.2, 0.25) is 5.69 Å². The summed E-state index contributed by atoms with van der Waals surface area (Å²) in [6.45, 7) is 2.11. The number of hydrogen-bond acceptors (Lipinski definition) is 1. The quantitative estimate of drug-likeness (QED) is 0.255. The Morgan fingerprint density at radius 2 is 1.44 bits per heavy atom. The fourth-order valence-electron chi connectivity index (χ4n) is 5.92. The highest BCUT2D eigenvalue weighted by molar-refractivity contribution is 6.10. The maximum atomic E-state index is 15.4. The first kappa shape index (κ1) is 21.1. The summed E-state index contributed by atoms with van der Waals surface area (Å²) >= 11 is 0. The molecule has 34 heavy (non-hydrogen) atoms. The number of rotatable bonds is 3. The van der Waals surface area contributed by atoms with E-state index in [0.717, 1.165) is 70.0 Å². The van der Waals surface area contributed by atoms with Crippen LogP contribution in [0.3, 0.4) is 0 Å². The monoisotopic (exact) mass is 450 g/mol. The van der Waals surface area contributed by atoms with Crippen molar-refractivity contribution in [3.05, 3.63) is 102 Å². The van der Waals surface area contributed by atoms with E-state index in [1.54, 1.807) is 6.07 Å². The van der Waals surface area contributed by atoms with Crippen LogP contribution >= 0.6 is 0 Å². The van der Waals surface area contributed by atoms with Crippen molar-refractivity contribution in [3.63, 3.8) is 0 Å². The molecule has 3 heteroatoms. The van der Waals surface area contributed by atoms with Crippen LogP contribution in [0.4, 0.5) is 4.39 Å². The average Bonchev–Trinajstić information content (AvgIpc) is 3.24. The van der Waals surface area contributed by atoms with E-state index in [2.05, 4.69) is 60.0 Å². The van der Waals surface area contributed by atoms with Crippen LogP contribution < -0.4 is 4.57 Å². The van der Waals surface area contributed by atoms with Crippen molar-refractivity contribution >= 4 is 21.9 Å². The van der Waals surface area contributed by atoms with Crippen LogP contribution in [0.1, 0.15) is 54.2 Å². The topological polar surface area (TPSA) is 17.0 Å². The van der Waals surface area contributed by atoms with Crippen LogP contribution in [0.25, 0.3) is 33.2 Å². The lowest BCUT2D eigenvalue weighted by Gasteiger charge is -2.29. The summed E-state index contributed by atoms with van der Waals surface area (Å²) in [7, 11) is 2.05. The van der Waals surface area contributed by atoms with Crippen LogP contribution in [0.5, 0.6) is 0 Å². The van der Waals surface area contributed by atoms with Crippen LogP contribution in [-0.2, 0) is 7.05 Å². The fraction of sp³-hybridized carbons (Fsp3) is 0.258. The lowest BCUT2D eigenvalue weighted by molar-refractivity contribution is -0.660. The maximum absolute atomic E-state index is 15.4. The molecular formula is C31H29FNO+. The molecule has 0 N–H and O–H groups in total. The van der Waals surface area contributed by atoms with E-state index in [1.165, 1.54) is 5.56 Å². The molecule has 0 unspecified atom stereocenters. The largest absolute Gasteiger partial charge is 0.455 e. The van der Waals surface area contributed by atoms with Gasteiger partial charge in [0.15, 0.2) is 6.20 Å². The number of fused-ring (bicyclic) bond motifs is 3. The van der Waals surface area contributed by atoms with Gasteiger partial charge in [0.05, 0.1) is 5.56 Å². The second kappa shape index (κ2) is 8.39. The number of aromatic nitrogens is 1. The zero-order valence-electron chi connectivity index (χ0n) is 19.7. The van der Waals surface area contributed by atoms with E-state index >= 15 is 4.39 Å². The lowest BCUT2D eigenvalue weighted by Crippen LogP contribution is -2.30. The SMILES string of the molecule is Cc1ccc2c(oc3c(C4CCC(c5ccccc5)CC4)c(F)ccc32)c1-c1cccc[n+]1C. The standard InChI is InChI=1S/C31H29FNO/c1-20-11-16-24-25-17-18-26(32)29(23-14-12-22(13-15-23)21-8-4-3-5-9-21)31(25)34-30(24)28(20)27-10-6-7-19-33(27)2/h3-11,16-19,22-23H,12-15H2,1-2H3/q+1. The first-order valence-electron chi connectivity index (χ1n) is 12.3. The van der Waals surface area contributed by atoms with Gasteiger partial charge in [-0.1, -0.05) is 42.5 Å². The molecule has 0 amide bonds. The van der Waals surface area contributed by atoms with Gasteiger partial charge >= 0.3 is 0 Å². The predicted molar refractivity (Wildman–Crippen MR) is 135 cm³/mol. The van der Waals surface area contributed by atoms with E-state index in [0.29, 0.717) is 5.92 Å². The van der Waals surface area contributed by atoms with Crippen molar-refractivity contribution in [3.8, 4) is 11.3 Å². The zero-order valence-corrected chi connectivity index (χ0v) is 19.7. The molecule has 1 aliphatic rings. The number of pyridine rings is 1. The normalized spacial score (nSPS) is 18.6. The van der Waals surface area contributed by atoms with Gasteiger partial charge in [-0.2, -0.15) is 0 Å². The summed E-state index contributed by atoms with van der Waals surface area (Å²) < 4.78 is 24.1. The smallest absolute Gasteiger partial charge is 0.216 e. The Morgan fingerprint density at radius 3 is 2.21 bits per heavy atom. The molecule has 5 aromatic rings. The molecule has 1 saturated carbocycles. The Bertz CT molecular complexity index is 1490. The van der Waals surface area contributed by atoms with E-state index in [-0.39, 0.29) is 11.7 Å². The minimum atomic E-state index is -0.141. The third kappa shape index (κ3) is 3.42. The minimum absolute atomic E-state index is 0.141. The van der Waals surface area contributed by atoms with Gasteiger partial charge in [-0.15, -0.1) is 0 Å². The van der Waals surface area contributed by atoms with Gasteiger partial charge in [-0.05, 0) is 73.8 Å². The second-order valence-corrected chi connectivity index (χ2v) is 9.73. The van der Waals surface area contributed by atoms with E-state index in [9.17, 15) is 0 Å². The van der Waals surface area contributed by atoms with Gasteiger partial charge < -0.3 is 4.42 Å². The number of nitrogens with zero attached hydrogens (tertiary/aromatic N) is 1. The van der Waals surface area contributed by atoms with Crippen molar-refractivity contribution in [1.82, 2.24) is 0 Å². The third-order valence-electron chi connectivity index (χ3n) is 7.72. The highest BCUT2D eigenvalue weighted by Crippen LogP contribution is 2.46. The van der Waals surface area contributed by atoms with Crippen molar-refractivity contribution in [2.24, 2.45) is 7.05 Å². The summed E-state index contributed by atoms with van der Waals surface area (Å²) in [5, 5.41) is 2.06. The number of hydrogen-bond donors (Lipinski definition) is 0. The molecule has 3 aromatic carbocycles. The summed E-state index contributed by atoms with van der Waals surface area (Å²) in [5.41, 5.74) is 7.07. The van der Waals surface area contributed by atoms with Crippen LogP contribution in [-0.4, -0.2) is 0 Å². The molecule has 0 saturated heterocycles. The van der Waals surface area contributed by atoms with Gasteiger partial charge in [0.25, 0.3) is 0 Å². The molecule has 0 atom stereocenters. The van der Waals surface area contributed by atoms with Crippen molar-refractivity contribution < 1.29 is 13.4 Å². The molecule has 0 aliphatic heterocycles. The second-order valence-electron chi connectivity index (χ2n) is 9.73. The van der Waals surface area contributed by atoms with Gasteiger partial charge in [-0.3, -0.25) is 0 Å². The molecule has 1 fully saturated rings. The Balaban J connectivity index is 1.46. The number of benzene rings is 3. The predicted octanol–water partition coefficient (Wildman–Crippen LogP) is 7.97. The average molecular weight is 451 g/mol. The molecule has 6 rings (SSSR count). The van der Waals surface area contributed by atoms with E-state index in [1.807, 2.05) is 31.4 Å². The number of aryl methyl sites for hydroxylation is 2. The minimum Gasteiger partial charge on any atom is -0.455 e. The van der Waals surface area contributed by atoms with E-state index < -0.39 is 0 Å². The summed E-state index contributed by atoms with van der Waals surface area (Å²) in [5.74, 6) is 0.600. The molecule has 2 aromatic heterocycles. The van der Waals surface area contributed by atoms with Gasteiger partial charge in [0, 0.05) is 28.5 Å². The van der Waals surface area contributed by atoms with Crippen LogP contribution in [0.15, 0.2) is 83.4 Å². The Labute approximate surface area is 199 Å². The highest BCUT2D eigenvalue weighted by Gasteiger charge is 2.29. The lowest BCUT2D eigenvalue weighted by atomic mass is 9.76.